The summed E-state index contributed by atoms with van der Waals surface area (Å²) in [5.41, 5.74) is 1.09. The van der Waals surface area contributed by atoms with Gasteiger partial charge < -0.3 is 0 Å². The summed E-state index contributed by atoms with van der Waals surface area (Å²) < 4.78 is 22.6. The second-order valence-electron chi connectivity index (χ2n) is 3.10. The third kappa shape index (κ3) is 5.67. The fourth-order valence-electron chi connectivity index (χ4n) is 1.16. The first-order chi connectivity index (χ1) is 8.20. The van der Waals surface area contributed by atoms with E-state index in [1.165, 1.54) is 0 Å². The summed E-state index contributed by atoms with van der Waals surface area (Å²) in [6.45, 7) is 4.47. The van der Waals surface area contributed by atoms with Crippen LogP contribution in [0.5, 0.6) is 0 Å². The average molecular weight is 319 g/mol. The van der Waals surface area contributed by atoms with Gasteiger partial charge in [0.15, 0.2) is 0 Å². The van der Waals surface area contributed by atoms with Crippen molar-refractivity contribution in [1.29, 1.82) is 0 Å². The molecule has 0 saturated carbocycles. The topological polar surface area (TPSA) is 35.5 Å². The van der Waals surface area contributed by atoms with E-state index in [1.54, 1.807) is 0 Å². The van der Waals surface area contributed by atoms with E-state index in [-0.39, 0.29) is 14.5 Å². The zero-order valence-corrected chi connectivity index (χ0v) is 12.6. The van der Waals surface area contributed by atoms with Crippen molar-refractivity contribution in [2.45, 2.75) is 13.8 Å². The molecular formula is C12H17O3PSe. The van der Waals surface area contributed by atoms with Crippen molar-refractivity contribution in [2.24, 2.45) is 0 Å². The van der Waals surface area contributed by atoms with Gasteiger partial charge >= 0.3 is 108 Å². The van der Waals surface area contributed by atoms with Crippen LogP contribution in [0.4, 0.5) is 0 Å². The van der Waals surface area contributed by atoms with E-state index in [2.05, 4.69) is 0 Å². The molecule has 0 aliphatic heterocycles. The van der Waals surface area contributed by atoms with Crippen molar-refractivity contribution in [3.63, 3.8) is 0 Å². The van der Waals surface area contributed by atoms with Crippen molar-refractivity contribution in [3.8, 4) is 0 Å². The van der Waals surface area contributed by atoms with Crippen LogP contribution in [0.1, 0.15) is 19.4 Å². The van der Waals surface area contributed by atoms with Crippen molar-refractivity contribution >= 4 is 26.9 Å². The van der Waals surface area contributed by atoms with Crippen LogP contribution in [0.25, 0.3) is 6.08 Å². The van der Waals surface area contributed by atoms with Gasteiger partial charge in [-0.2, -0.15) is 0 Å². The molecule has 17 heavy (non-hydrogen) atoms. The van der Waals surface area contributed by atoms with Gasteiger partial charge in [0.05, 0.1) is 0 Å². The Bertz CT molecular complexity index is 382. The molecule has 1 aromatic carbocycles. The molecule has 1 aromatic rings. The van der Waals surface area contributed by atoms with Crippen molar-refractivity contribution < 1.29 is 13.6 Å². The normalized spacial score (nSPS) is 12.1. The third-order valence-electron chi connectivity index (χ3n) is 1.82. The summed E-state index contributed by atoms with van der Waals surface area (Å²) >= 11 is -0.283. The molecule has 0 aliphatic rings. The predicted octanol–water partition coefficient (Wildman–Crippen LogP) is 3.54. The zero-order valence-electron chi connectivity index (χ0n) is 10.0. The van der Waals surface area contributed by atoms with Gasteiger partial charge in [0.2, 0.25) is 0 Å². The Morgan fingerprint density at radius 1 is 1.18 bits per heavy atom. The number of benzene rings is 1. The summed E-state index contributed by atoms with van der Waals surface area (Å²) in [5.74, 6) is 0. The van der Waals surface area contributed by atoms with Crippen molar-refractivity contribution in [3.05, 3.63) is 40.9 Å². The van der Waals surface area contributed by atoms with Crippen LogP contribution in [0.3, 0.4) is 0 Å². The van der Waals surface area contributed by atoms with Crippen LogP contribution in [-0.2, 0) is 13.6 Å². The fourth-order valence-corrected chi connectivity index (χ4v) is 5.94. The molecule has 0 heterocycles. The molecule has 0 aliphatic carbocycles. The van der Waals surface area contributed by atoms with Crippen molar-refractivity contribution in [1.82, 2.24) is 0 Å². The van der Waals surface area contributed by atoms with Gasteiger partial charge in [-0.3, -0.25) is 0 Å². The van der Waals surface area contributed by atoms with Gasteiger partial charge in [0, 0.05) is 0 Å². The Morgan fingerprint density at radius 2 is 1.76 bits per heavy atom. The Balaban J connectivity index is 2.58. The van der Waals surface area contributed by atoms with Gasteiger partial charge in [0.1, 0.15) is 0 Å². The Labute approximate surface area is 109 Å². The molecular weight excluding hydrogens is 302 g/mol. The molecule has 0 aromatic heterocycles. The van der Waals surface area contributed by atoms with Gasteiger partial charge in [-0.25, -0.2) is 0 Å². The van der Waals surface area contributed by atoms with Gasteiger partial charge in [-0.15, -0.1) is 0 Å². The number of hydrogen-bond acceptors (Lipinski definition) is 3. The van der Waals surface area contributed by atoms with E-state index in [4.69, 9.17) is 9.05 Å². The standard InChI is InChI=1S/C12H17O3PSe/c1-3-14-16(13,15-4-2)17-11-10-12-8-6-5-7-9-12/h5-11H,3-4H2,1-2H3/b11-10+. The number of hydrogen-bond donors (Lipinski definition) is 0. The van der Waals surface area contributed by atoms with Crippen LogP contribution in [0, 0.1) is 0 Å². The molecule has 0 saturated heterocycles. The van der Waals surface area contributed by atoms with Gasteiger partial charge in [-0.05, 0) is 0 Å². The molecule has 1 rings (SSSR count). The second kappa shape index (κ2) is 7.86. The van der Waals surface area contributed by atoms with Crippen LogP contribution in [0.15, 0.2) is 35.3 Å². The molecule has 0 radical (unpaired) electrons. The van der Waals surface area contributed by atoms with E-state index >= 15 is 0 Å². The Kier molecular flexibility index (Phi) is 6.79. The fraction of sp³-hybridized carbons (Fsp3) is 0.333. The van der Waals surface area contributed by atoms with E-state index in [0.29, 0.717) is 13.2 Å². The third-order valence-corrected chi connectivity index (χ3v) is 7.36. The van der Waals surface area contributed by atoms with E-state index in [0.717, 1.165) is 5.56 Å². The molecule has 0 bridgehead atoms. The molecule has 3 nitrogen and oxygen atoms in total. The molecule has 0 unspecified atom stereocenters. The summed E-state index contributed by atoms with van der Waals surface area (Å²) in [7, 11) is 0. The first-order valence-corrected chi connectivity index (χ1v) is 10.2. The van der Waals surface area contributed by atoms with Gasteiger partial charge in [-0.1, -0.05) is 0 Å². The molecule has 0 fully saturated rings. The van der Waals surface area contributed by atoms with Crippen LogP contribution in [0.2, 0.25) is 0 Å². The predicted molar refractivity (Wildman–Crippen MR) is 72.1 cm³/mol. The monoisotopic (exact) mass is 320 g/mol. The van der Waals surface area contributed by atoms with E-state index < -0.39 is 6.29 Å². The zero-order chi connectivity index (χ0) is 12.6. The minimum atomic E-state index is -2.88. The van der Waals surface area contributed by atoms with E-state index in [1.807, 2.05) is 55.2 Å². The molecule has 0 N–H and O–H groups in total. The Hall–Kier alpha value is -0.371. The molecule has 0 spiro atoms. The SMILES string of the molecule is CCOP(=O)(OCC)[Se]/C=C/c1ccccc1. The summed E-state index contributed by atoms with van der Waals surface area (Å²) in [4.78, 5) is 1.90. The summed E-state index contributed by atoms with van der Waals surface area (Å²) in [5, 5.41) is 0. The summed E-state index contributed by atoms with van der Waals surface area (Å²) in [6.07, 6.45) is -0.932. The Morgan fingerprint density at radius 3 is 2.29 bits per heavy atom. The van der Waals surface area contributed by atoms with Crippen LogP contribution >= 0.6 is 6.29 Å². The van der Waals surface area contributed by atoms with Crippen LogP contribution < -0.4 is 0 Å². The van der Waals surface area contributed by atoms with Crippen LogP contribution in [-0.4, -0.2) is 27.7 Å². The maximum absolute atomic E-state index is 12.1. The molecule has 0 amide bonds. The minimum absolute atomic E-state index is 0.283. The maximum atomic E-state index is 12.1. The molecule has 0 atom stereocenters. The molecule has 5 heteroatoms. The number of rotatable bonds is 7. The second-order valence-corrected chi connectivity index (χ2v) is 9.44. The summed E-state index contributed by atoms with van der Waals surface area (Å²) in [6, 6.07) is 9.90. The molecule has 94 valence electrons. The first-order valence-electron chi connectivity index (χ1n) is 5.49. The van der Waals surface area contributed by atoms with Gasteiger partial charge in [0.25, 0.3) is 0 Å². The van der Waals surface area contributed by atoms with Crippen molar-refractivity contribution in [2.75, 3.05) is 13.2 Å². The first kappa shape index (κ1) is 14.7. The van der Waals surface area contributed by atoms with E-state index in [9.17, 15) is 4.57 Å². The average Bonchev–Trinajstić information content (AvgIpc) is 2.31. The quantitative estimate of drug-likeness (QED) is 0.569.